The van der Waals surface area contributed by atoms with Crippen LogP contribution in [0.5, 0.6) is 5.75 Å². The zero-order valence-corrected chi connectivity index (χ0v) is 16.7. The molecule has 0 aromatic heterocycles. The van der Waals surface area contributed by atoms with Crippen LogP contribution in [0.25, 0.3) is 0 Å². The van der Waals surface area contributed by atoms with Crippen molar-refractivity contribution in [1.82, 2.24) is 0 Å². The summed E-state index contributed by atoms with van der Waals surface area (Å²) >= 11 is 0. The second-order valence-corrected chi connectivity index (χ2v) is 9.59. The molecule has 0 saturated carbocycles. The van der Waals surface area contributed by atoms with E-state index in [0.717, 1.165) is 18.4 Å². The van der Waals surface area contributed by atoms with E-state index in [2.05, 4.69) is 6.92 Å². The van der Waals surface area contributed by atoms with E-state index in [1.165, 1.54) is 12.1 Å². The third-order valence-corrected chi connectivity index (χ3v) is 7.96. The summed E-state index contributed by atoms with van der Waals surface area (Å²) < 4.78 is 26.6. The van der Waals surface area contributed by atoms with Gasteiger partial charge >= 0.3 is 0 Å². The smallest absolute Gasteiger partial charge is 0.179 e. The van der Waals surface area contributed by atoms with Crippen molar-refractivity contribution >= 4 is 9.84 Å². The summed E-state index contributed by atoms with van der Waals surface area (Å²) in [7, 11) is -3.64. The number of aliphatic hydroxyl groups is 1. The van der Waals surface area contributed by atoms with Gasteiger partial charge in [-0.05, 0) is 36.1 Å². The van der Waals surface area contributed by atoms with Crippen molar-refractivity contribution in [3.63, 3.8) is 0 Å². The average molecular weight is 389 g/mol. The Morgan fingerprint density at radius 3 is 2.44 bits per heavy atom. The van der Waals surface area contributed by atoms with Crippen molar-refractivity contribution in [2.75, 3.05) is 5.75 Å². The molecular formula is C22H28O4S. The fraction of sp³-hybridized carbons (Fsp3) is 0.455. The SMILES string of the molecule is CCCC[C@]1(CC)CS(=O)(=O)c2cc(O)ccc2[C@@H](c2ccccc2)[C@H]1O. The molecule has 1 aliphatic heterocycles. The fourth-order valence-electron chi connectivity index (χ4n) is 4.37. The lowest BCUT2D eigenvalue weighted by molar-refractivity contribution is 0.0174. The number of aliphatic hydroxyl groups excluding tert-OH is 1. The molecule has 4 nitrogen and oxygen atoms in total. The lowest BCUT2D eigenvalue weighted by Crippen LogP contribution is -2.42. The van der Waals surface area contributed by atoms with Crippen molar-refractivity contribution < 1.29 is 18.6 Å². The largest absolute Gasteiger partial charge is 0.508 e. The van der Waals surface area contributed by atoms with Gasteiger partial charge in [0.05, 0.1) is 16.8 Å². The lowest BCUT2D eigenvalue weighted by atomic mass is 9.69. The first-order valence-electron chi connectivity index (χ1n) is 9.63. The van der Waals surface area contributed by atoms with Crippen LogP contribution in [0.15, 0.2) is 53.4 Å². The van der Waals surface area contributed by atoms with E-state index in [9.17, 15) is 18.6 Å². The number of sulfone groups is 1. The molecule has 2 N–H and O–H groups in total. The number of phenolic OH excluding ortho intramolecular Hbond substituents is 1. The van der Waals surface area contributed by atoms with Gasteiger partial charge in [0, 0.05) is 11.3 Å². The summed E-state index contributed by atoms with van der Waals surface area (Å²) in [6.07, 6.45) is 2.22. The Balaban J connectivity index is 2.28. The van der Waals surface area contributed by atoms with Gasteiger partial charge in [0.15, 0.2) is 9.84 Å². The molecule has 3 rings (SSSR count). The van der Waals surface area contributed by atoms with Gasteiger partial charge in [-0.15, -0.1) is 0 Å². The maximum atomic E-state index is 13.3. The molecule has 5 heteroatoms. The van der Waals surface area contributed by atoms with Crippen LogP contribution in [0.3, 0.4) is 0 Å². The van der Waals surface area contributed by atoms with E-state index < -0.39 is 27.3 Å². The van der Waals surface area contributed by atoms with Gasteiger partial charge in [0.1, 0.15) is 5.75 Å². The third kappa shape index (κ3) is 3.63. The summed E-state index contributed by atoms with van der Waals surface area (Å²) in [5.74, 6) is -0.621. The van der Waals surface area contributed by atoms with Crippen LogP contribution >= 0.6 is 0 Å². The maximum absolute atomic E-state index is 13.3. The maximum Gasteiger partial charge on any atom is 0.179 e. The first-order chi connectivity index (χ1) is 12.8. The molecule has 2 aromatic rings. The molecule has 0 bridgehead atoms. The minimum absolute atomic E-state index is 0.0730. The van der Waals surface area contributed by atoms with Crippen LogP contribution in [-0.4, -0.2) is 30.5 Å². The van der Waals surface area contributed by atoms with E-state index >= 15 is 0 Å². The van der Waals surface area contributed by atoms with Crippen LogP contribution in [0.1, 0.15) is 56.6 Å². The van der Waals surface area contributed by atoms with Gasteiger partial charge in [-0.3, -0.25) is 0 Å². The van der Waals surface area contributed by atoms with Crippen molar-refractivity contribution in [3.05, 3.63) is 59.7 Å². The highest BCUT2D eigenvalue weighted by Crippen LogP contribution is 2.49. The standard InChI is InChI=1S/C22H28O4S/c1-3-5-13-22(4-2)15-27(25,26)19-14-17(23)11-12-18(19)20(21(22)24)16-9-7-6-8-10-16/h6-12,14,20-21,23-24H,3-5,13,15H2,1-2H3/t20-,21-,22-/m1/s1. The highest BCUT2D eigenvalue weighted by atomic mass is 32.2. The summed E-state index contributed by atoms with van der Waals surface area (Å²) in [6, 6.07) is 14.1. The predicted molar refractivity (Wildman–Crippen MR) is 107 cm³/mol. The summed E-state index contributed by atoms with van der Waals surface area (Å²) in [6.45, 7) is 4.03. The normalized spacial score (nSPS) is 26.9. The molecule has 0 spiro atoms. The number of unbranched alkanes of at least 4 members (excludes halogenated alkanes) is 1. The number of fused-ring (bicyclic) bond motifs is 1. The molecule has 0 saturated heterocycles. The molecule has 0 amide bonds. The van der Waals surface area contributed by atoms with Crippen LogP contribution < -0.4 is 0 Å². The highest BCUT2D eigenvalue weighted by molar-refractivity contribution is 7.91. The fourth-order valence-corrected chi connectivity index (χ4v) is 6.66. The zero-order valence-electron chi connectivity index (χ0n) is 15.9. The molecule has 1 aliphatic rings. The van der Waals surface area contributed by atoms with Crippen molar-refractivity contribution in [1.29, 1.82) is 0 Å². The van der Waals surface area contributed by atoms with Gasteiger partial charge in [0.2, 0.25) is 0 Å². The molecule has 27 heavy (non-hydrogen) atoms. The molecule has 3 atom stereocenters. The Hall–Kier alpha value is -1.85. The van der Waals surface area contributed by atoms with Crippen LogP contribution in [0, 0.1) is 5.41 Å². The monoisotopic (exact) mass is 388 g/mol. The van der Waals surface area contributed by atoms with E-state index in [1.807, 2.05) is 37.3 Å². The van der Waals surface area contributed by atoms with E-state index in [0.29, 0.717) is 18.4 Å². The van der Waals surface area contributed by atoms with Crippen molar-refractivity contribution in [2.24, 2.45) is 5.41 Å². The predicted octanol–water partition coefficient (Wildman–Crippen LogP) is 4.26. The Bertz CT molecular complexity index is 892. The van der Waals surface area contributed by atoms with Gasteiger partial charge in [-0.25, -0.2) is 8.42 Å². The van der Waals surface area contributed by atoms with Crippen molar-refractivity contribution in [3.8, 4) is 5.75 Å². The van der Waals surface area contributed by atoms with Gasteiger partial charge < -0.3 is 10.2 Å². The molecule has 0 unspecified atom stereocenters. The number of phenols is 1. The molecule has 0 fully saturated rings. The van der Waals surface area contributed by atoms with Gasteiger partial charge in [-0.2, -0.15) is 0 Å². The summed E-state index contributed by atoms with van der Waals surface area (Å²) in [5.41, 5.74) is 0.742. The summed E-state index contributed by atoms with van der Waals surface area (Å²) in [4.78, 5) is 0.141. The summed E-state index contributed by atoms with van der Waals surface area (Å²) in [5, 5.41) is 21.5. The molecule has 2 aromatic carbocycles. The van der Waals surface area contributed by atoms with Crippen LogP contribution in [-0.2, 0) is 9.84 Å². The highest BCUT2D eigenvalue weighted by Gasteiger charge is 2.48. The minimum Gasteiger partial charge on any atom is -0.508 e. The first kappa shape index (κ1) is 19.9. The van der Waals surface area contributed by atoms with Gasteiger partial charge in [-0.1, -0.05) is 63.1 Å². The van der Waals surface area contributed by atoms with Crippen LogP contribution in [0.2, 0.25) is 0 Å². The zero-order chi connectivity index (χ0) is 19.7. The van der Waals surface area contributed by atoms with Gasteiger partial charge in [0.25, 0.3) is 0 Å². The first-order valence-corrected chi connectivity index (χ1v) is 11.3. The minimum atomic E-state index is -3.64. The third-order valence-electron chi connectivity index (χ3n) is 5.98. The number of hydrogen-bond acceptors (Lipinski definition) is 4. The molecular weight excluding hydrogens is 360 g/mol. The molecule has 0 radical (unpaired) electrons. The Labute approximate surface area is 161 Å². The quantitative estimate of drug-likeness (QED) is 0.803. The van der Waals surface area contributed by atoms with E-state index in [-0.39, 0.29) is 16.4 Å². The number of rotatable bonds is 5. The van der Waals surface area contributed by atoms with E-state index in [1.54, 1.807) is 6.07 Å². The second-order valence-electron chi connectivity index (χ2n) is 7.63. The topological polar surface area (TPSA) is 74.6 Å². The number of benzene rings is 2. The Morgan fingerprint density at radius 2 is 1.81 bits per heavy atom. The Morgan fingerprint density at radius 1 is 1.11 bits per heavy atom. The molecule has 146 valence electrons. The Kier molecular flexibility index (Phi) is 5.63. The van der Waals surface area contributed by atoms with Crippen molar-refractivity contribution in [2.45, 2.75) is 56.4 Å². The van der Waals surface area contributed by atoms with E-state index in [4.69, 9.17) is 0 Å². The van der Waals surface area contributed by atoms with Crippen LogP contribution in [0.4, 0.5) is 0 Å². The molecule has 0 aliphatic carbocycles. The second kappa shape index (κ2) is 7.64. The molecule has 1 heterocycles. The lowest BCUT2D eigenvalue weighted by Gasteiger charge is -2.39. The number of hydrogen-bond donors (Lipinski definition) is 2. The number of aromatic hydroxyl groups is 1. The average Bonchev–Trinajstić information content (AvgIpc) is 2.73.